The summed E-state index contributed by atoms with van der Waals surface area (Å²) in [6.45, 7) is 1.84. The Kier molecular flexibility index (Phi) is 4.90. The minimum atomic E-state index is -0.388. The van der Waals surface area contributed by atoms with Crippen LogP contribution in [0, 0.1) is 0 Å². The Morgan fingerprint density at radius 2 is 1.79 bits per heavy atom. The van der Waals surface area contributed by atoms with Crippen LogP contribution in [0.1, 0.15) is 28.9 Å². The van der Waals surface area contributed by atoms with Crippen LogP contribution in [0.5, 0.6) is 0 Å². The molecule has 24 heavy (non-hydrogen) atoms. The third-order valence-corrected chi connectivity index (χ3v) is 4.79. The van der Waals surface area contributed by atoms with Crippen molar-refractivity contribution in [3.05, 3.63) is 81.0 Å². The zero-order valence-corrected chi connectivity index (χ0v) is 15.1. The van der Waals surface area contributed by atoms with Crippen molar-refractivity contribution in [2.24, 2.45) is 0 Å². The zero-order chi connectivity index (χ0) is 17.3. The highest BCUT2D eigenvalue weighted by Gasteiger charge is 2.30. The molecule has 0 fully saturated rings. The molecule has 2 aromatic carbocycles. The minimum absolute atomic E-state index is 0.0633. The predicted octanol–water partition coefficient (Wildman–Crippen LogP) is 4.67. The van der Waals surface area contributed by atoms with Crippen LogP contribution in [-0.2, 0) is 0 Å². The first-order valence-electron chi connectivity index (χ1n) is 7.30. The molecular formula is C18H14Cl2N2OS. The van der Waals surface area contributed by atoms with Gasteiger partial charge in [-0.2, -0.15) is 0 Å². The van der Waals surface area contributed by atoms with E-state index < -0.39 is 0 Å². The van der Waals surface area contributed by atoms with Crippen molar-refractivity contribution in [1.29, 1.82) is 0 Å². The molecule has 3 nitrogen and oxygen atoms in total. The van der Waals surface area contributed by atoms with Crippen molar-refractivity contribution in [2.45, 2.75) is 13.0 Å². The molecule has 1 unspecified atom stereocenters. The number of ketones is 1. The first kappa shape index (κ1) is 17.0. The first-order chi connectivity index (χ1) is 11.5. The Morgan fingerprint density at radius 3 is 2.46 bits per heavy atom. The molecule has 122 valence electrons. The van der Waals surface area contributed by atoms with Gasteiger partial charge in [0.15, 0.2) is 10.9 Å². The molecule has 3 rings (SSSR count). The van der Waals surface area contributed by atoms with Crippen molar-refractivity contribution in [1.82, 2.24) is 10.6 Å². The van der Waals surface area contributed by atoms with E-state index >= 15 is 0 Å². The molecule has 0 aromatic heterocycles. The highest BCUT2D eigenvalue weighted by atomic mass is 35.5. The molecule has 0 spiro atoms. The largest absolute Gasteiger partial charge is 0.351 e. The number of hydrogen-bond donors (Lipinski definition) is 2. The van der Waals surface area contributed by atoms with Gasteiger partial charge in [0.05, 0.1) is 16.1 Å². The monoisotopic (exact) mass is 376 g/mol. The van der Waals surface area contributed by atoms with E-state index in [1.54, 1.807) is 24.3 Å². The lowest BCUT2D eigenvalue weighted by atomic mass is 9.90. The average Bonchev–Trinajstić information content (AvgIpc) is 2.57. The lowest BCUT2D eigenvalue weighted by Gasteiger charge is -2.30. The van der Waals surface area contributed by atoms with Crippen molar-refractivity contribution >= 4 is 46.3 Å². The molecule has 0 amide bonds. The molecule has 0 aliphatic carbocycles. The highest BCUT2D eigenvalue weighted by molar-refractivity contribution is 7.80. The molecule has 1 aliphatic rings. The number of nitrogens with one attached hydrogen (secondary N) is 2. The van der Waals surface area contributed by atoms with Crippen LogP contribution in [0.3, 0.4) is 0 Å². The summed E-state index contributed by atoms with van der Waals surface area (Å²) >= 11 is 17.4. The maximum absolute atomic E-state index is 13.0. The van der Waals surface area contributed by atoms with Crippen LogP contribution < -0.4 is 10.6 Å². The maximum atomic E-state index is 13.0. The van der Waals surface area contributed by atoms with E-state index in [2.05, 4.69) is 10.6 Å². The lowest BCUT2D eigenvalue weighted by molar-refractivity contribution is 0.102. The van der Waals surface area contributed by atoms with Gasteiger partial charge in [-0.05, 0) is 36.8 Å². The van der Waals surface area contributed by atoms with Crippen molar-refractivity contribution in [2.75, 3.05) is 0 Å². The van der Waals surface area contributed by atoms with Gasteiger partial charge in [-0.25, -0.2) is 0 Å². The maximum Gasteiger partial charge on any atom is 0.193 e. The number of allylic oxidation sites excluding steroid dienone is 1. The van der Waals surface area contributed by atoms with Gasteiger partial charge in [0.2, 0.25) is 0 Å². The highest BCUT2D eigenvalue weighted by Crippen LogP contribution is 2.32. The normalized spacial score (nSPS) is 17.3. The van der Waals surface area contributed by atoms with Gasteiger partial charge in [-0.3, -0.25) is 4.79 Å². The van der Waals surface area contributed by atoms with E-state index in [1.807, 2.05) is 31.2 Å². The minimum Gasteiger partial charge on any atom is -0.351 e. The summed E-state index contributed by atoms with van der Waals surface area (Å²) in [4.78, 5) is 13.0. The Bertz CT molecular complexity index is 849. The molecular weight excluding hydrogens is 363 g/mol. The van der Waals surface area contributed by atoms with Gasteiger partial charge >= 0.3 is 0 Å². The Labute approximate surface area is 155 Å². The summed E-state index contributed by atoms with van der Waals surface area (Å²) in [7, 11) is 0. The molecule has 1 aliphatic heterocycles. The lowest BCUT2D eigenvalue weighted by Crippen LogP contribution is -2.44. The molecule has 2 N–H and O–H groups in total. The van der Waals surface area contributed by atoms with Crippen LogP contribution in [0.25, 0.3) is 0 Å². The number of Topliss-reactive ketones (excluding diaryl/α,β-unsaturated/α-hetero) is 1. The standard InChI is InChI=1S/C18H14Cl2N2OS/c1-10-15(17(23)11-5-3-2-4-6-11)16(22-18(24)21-10)12-7-8-13(19)14(20)9-12/h2-9,16H,1H3,(H2,21,22,24). The molecule has 1 heterocycles. The summed E-state index contributed by atoms with van der Waals surface area (Å²) < 4.78 is 0. The van der Waals surface area contributed by atoms with E-state index in [9.17, 15) is 4.79 Å². The summed E-state index contributed by atoms with van der Waals surface area (Å²) in [5, 5.41) is 7.54. The molecule has 0 radical (unpaired) electrons. The third kappa shape index (κ3) is 3.31. The van der Waals surface area contributed by atoms with E-state index in [4.69, 9.17) is 35.4 Å². The topological polar surface area (TPSA) is 41.1 Å². The first-order valence-corrected chi connectivity index (χ1v) is 8.47. The third-order valence-electron chi connectivity index (χ3n) is 3.83. The van der Waals surface area contributed by atoms with E-state index in [0.717, 1.165) is 11.3 Å². The van der Waals surface area contributed by atoms with Crippen molar-refractivity contribution < 1.29 is 4.79 Å². The van der Waals surface area contributed by atoms with Crippen molar-refractivity contribution in [3.63, 3.8) is 0 Å². The average molecular weight is 377 g/mol. The number of hydrogen-bond acceptors (Lipinski definition) is 2. The summed E-state index contributed by atoms with van der Waals surface area (Å²) in [6, 6.07) is 14.1. The fourth-order valence-electron chi connectivity index (χ4n) is 2.68. The number of rotatable bonds is 3. The summed E-state index contributed by atoms with van der Waals surface area (Å²) in [5.41, 5.74) is 2.78. The molecule has 2 aromatic rings. The SMILES string of the molecule is CC1=C(C(=O)c2ccccc2)C(c2ccc(Cl)c(Cl)c2)NC(=S)N1. The zero-order valence-electron chi connectivity index (χ0n) is 12.8. The van der Waals surface area contributed by atoms with Crippen LogP contribution in [0.2, 0.25) is 10.0 Å². The van der Waals surface area contributed by atoms with Gasteiger partial charge in [-0.15, -0.1) is 0 Å². The van der Waals surface area contributed by atoms with Crippen LogP contribution in [0.4, 0.5) is 0 Å². The molecule has 0 saturated heterocycles. The van der Waals surface area contributed by atoms with Crippen LogP contribution in [-0.4, -0.2) is 10.9 Å². The quantitative estimate of drug-likeness (QED) is 0.603. The van der Waals surface area contributed by atoms with E-state index in [-0.39, 0.29) is 11.8 Å². The Morgan fingerprint density at radius 1 is 1.08 bits per heavy atom. The molecule has 6 heteroatoms. The van der Waals surface area contributed by atoms with Crippen molar-refractivity contribution in [3.8, 4) is 0 Å². The smallest absolute Gasteiger partial charge is 0.193 e. The molecule has 1 atom stereocenters. The Balaban J connectivity index is 2.08. The van der Waals surface area contributed by atoms with Gasteiger partial charge in [0, 0.05) is 16.8 Å². The van der Waals surface area contributed by atoms with Gasteiger partial charge < -0.3 is 10.6 Å². The Hall–Kier alpha value is -1.88. The predicted molar refractivity (Wildman–Crippen MR) is 102 cm³/mol. The number of halogens is 2. The fraction of sp³-hybridized carbons (Fsp3) is 0.111. The number of benzene rings is 2. The summed E-state index contributed by atoms with van der Waals surface area (Å²) in [6.07, 6.45) is 0. The summed E-state index contributed by atoms with van der Waals surface area (Å²) in [5.74, 6) is -0.0633. The number of carbonyl (C=O) groups excluding carboxylic acids is 1. The van der Waals surface area contributed by atoms with Crippen LogP contribution in [0.15, 0.2) is 59.8 Å². The van der Waals surface area contributed by atoms with E-state index in [0.29, 0.717) is 26.3 Å². The second kappa shape index (κ2) is 6.93. The van der Waals surface area contributed by atoms with E-state index in [1.165, 1.54) is 0 Å². The second-order valence-corrected chi connectivity index (χ2v) is 6.66. The second-order valence-electron chi connectivity index (χ2n) is 5.44. The molecule has 0 saturated carbocycles. The van der Waals surface area contributed by atoms with Gasteiger partial charge in [0.25, 0.3) is 0 Å². The molecule has 0 bridgehead atoms. The number of thiocarbonyl (C=S) groups is 1. The number of carbonyl (C=O) groups is 1. The van der Waals surface area contributed by atoms with Crippen LogP contribution >= 0.6 is 35.4 Å². The van der Waals surface area contributed by atoms with Gasteiger partial charge in [0.1, 0.15) is 0 Å². The van der Waals surface area contributed by atoms with Gasteiger partial charge in [-0.1, -0.05) is 59.6 Å². The fourth-order valence-corrected chi connectivity index (χ4v) is 3.26.